The molecule has 0 aliphatic carbocycles. The van der Waals surface area contributed by atoms with Crippen molar-refractivity contribution in [3.05, 3.63) is 29.1 Å². The predicted octanol–water partition coefficient (Wildman–Crippen LogP) is 0.188. The zero-order valence-corrected chi connectivity index (χ0v) is 11.9. The highest BCUT2D eigenvalue weighted by atomic mass is 35.5. The van der Waals surface area contributed by atoms with E-state index >= 15 is 0 Å². The number of carboxylic acids is 1. The minimum absolute atomic E-state index is 0. The Morgan fingerprint density at radius 3 is 3.00 bits per heavy atom. The summed E-state index contributed by atoms with van der Waals surface area (Å²) in [4.78, 5) is 15.1. The van der Waals surface area contributed by atoms with Crippen LogP contribution >= 0.6 is 12.4 Å². The molecule has 0 amide bonds. The second-order valence-corrected chi connectivity index (χ2v) is 4.67. The first-order valence-electron chi connectivity index (χ1n) is 6.47. The van der Waals surface area contributed by atoms with Crippen molar-refractivity contribution in [2.45, 2.75) is 25.4 Å². The number of fused-ring (bicyclic) bond motifs is 1. The maximum absolute atomic E-state index is 10.9. The van der Waals surface area contributed by atoms with Gasteiger partial charge in [0.1, 0.15) is 5.69 Å². The molecule has 0 aromatic carbocycles. The number of pyridine rings is 1. The van der Waals surface area contributed by atoms with Crippen molar-refractivity contribution in [1.29, 1.82) is 0 Å². The van der Waals surface area contributed by atoms with Crippen molar-refractivity contribution in [3.8, 4) is 0 Å². The molecule has 0 spiro atoms. The Labute approximate surface area is 124 Å². The summed E-state index contributed by atoms with van der Waals surface area (Å²) in [6, 6.07) is 3.62. The lowest BCUT2D eigenvalue weighted by Crippen LogP contribution is -2.43. The molecular formula is C13H20ClN3O3. The van der Waals surface area contributed by atoms with Gasteiger partial charge in [-0.05, 0) is 24.6 Å². The Bertz CT molecular complexity index is 456. The first-order chi connectivity index (χ1) is 9.20. The molecule has 2 rings (SSSR count). The highest BCUT2D eigenvalue weighted by molar-refractivity contribution is 5.85. The van der Waals surface area contributed by atoms with E-state index in [4.69, 9.17) is 10.2 Å². The van der Waals surface area contributed by atoms with Crippen molar-refractivity contribution in [2.75, 3.05) is 19.7 Å². The summed E-state index contributed by atoms with van der Waals surface area (Å²) in [5.41, 5.74) is 2.04. The quantitative estimate of drug-likeness (QED) is 0.560. The molecule has 4 N–H and O–H groups in total. The third-order valence-corrected chi connectivity index (χ3v) is 3.21. The van der Waals surface area contributed by atoms with Crippen LogP contribution in [0.1, 0.15) is 28.2 Å². The number of hydrogen-bond donors (Lipinski definition) is 4. The van der Waals surface area contributed by atoms with Crippen molar-refractivity contribution in [1.82, 2.24) is 15.6 Å². The molecule has 7 heteroatoms. The Balaban J connectivity index is 0.00000200. The Hall–Kier alpha value is -1.21. The number of aromatic nitrogens is 1. The molecule has 0 bridgehead atoms. The molecule has 0 radical (unpaired) electrons. The number of carbonyl (C=O) groups is 1. The number of halogens is 1. The Morgan fingerprint density at radius 2 is 2.30 bits per heavy atom. The molecule has 0 saturated carbocycles. The third kappa shape index (κ3) is 4.42. The van der Waals surface area contributed by atoms with Crippen molar-refractivity contribution < 1.29 is 15.0 Å². The van der Waals surface area contributed by atoms with E-state index in [1.807, 2.05) is 6.07 Å². The summed E-state index contributed by atoms with van der Waals surface area (Å²) in [5.74, 6) is -0.987. The van der Waals surface area contributed by atoms with E-state index in [1.54, 1.807) is 6.07 Å². The van der Waals surface area contributed by atoms with E-state index < -0.39 is 5.97 Å². The minimum atomic E-state index is -0.987. The molecule has 2 heterocycles. The molecule has 0 saturated heterocycles. The zero-order chi connectivity index (χ0) is 13.7. The van der Waals surface area contributed by atoms with Gasteiger partial charge < -0.3 is 20.8 Å². The molecule has 1 aromatic rings. The average Bonchev–Trinajstić information content (AvgIpc) is 2.42. The fraction of sp³-hybridized carbons (Fsp3) is 0.538. The molecule has 0 fully saturated rings. The number of aromatic carboxylic acids is 1. The van der Waals surface area contributed by atoms with Gasteiger partial charge in [0.05, 0.1) is 0 Å². The van der Waals surface area contributed by atoms with Crippen molar-refractivity contribution >= 4 is 18.4 Å². The van der Waals surface area contributed by atoms with Crippen LogP contribution in [0, 0.1) is 0 Å². The summed E-state index contributed by atoms with van der Waals surface area (Å²) in [6.07, 6.45) is 1.47. The highest BCUT2D eigenvalue weighted by Gasteiger charge is 2.20. The largest absolute Gasteiger partial charge is 0.477 e. The van der Waals surface area contributed by atoms with E-state index in [0.717, 1.165) is 37.2 Å². The summed E-state index contributed by atoms with van der Waals surface area (Å²) in [6.45, 7) is 2.48. The number of nitrogens with one attached hydrogen (secondary N) is 2. The van der Waals surface area contributed by atoms with Gasteiger partial charge in [0.2, 0.25) is 0 Å². The van der Waals surface area contributed by atoms with Gasteiger partial charge in [0, 0.05) is 37.9 Å². The number of rotatable bonds is 6. The van der Waals surface area contributed by atoms with Crippen LogP contribution in [0.4, 0.5) is 0 Å². The van der Waals surface area contributed by atoms with Gasteiger partial charge in [-0.1, -0.05) is 6.07 Å². The summed E-state index contributed by atoms with van der Waals surface area (Å²) < 4.78 is 0. The van der Waals surface area contributed by atoms with Gasteiger partial charge in [-0.15, -0.1) is 12.4 Å². The van der Waals surface area contributed by atoms with Crippen LogP contribution in [-0.2, 0) is 13.0 Å². The fourth-order valence-corrected chi connectivity index (χ4v) is 2.17. The maximum atomic E-state index is 10.9. The third-order valence-electron chi connectivity index (χ3n) is 3.21. The monoisotopic (exact) mass is 301 g/mol. The molecule has 1 aliphatic rings. The van der Waals surface area contributed by atoms with E-state index in [0.29, 0.717) is 6.54 Å². The van der Waals surface area contributed by atoms with Crippen molar-refractivity contribution in [2.24, 2.45) is 0 Å². The molecule has 6 nitrogen and oxygen atoms in total. The Kier molecular flexibility index (Phi) is 6.87. The molecule has 112 valence electrons. The summed E-state index contributed by atoms with van der Waals surface area (Å²) >= 11 is 0. The van der Waals surface area contributed by atoms with Crippen LogP contribution in [0.2, 0.25) is 0 Å². The molecular weight excluding hydrogens is 282 g/mol. The van der Waals surface area contributed by atoms with Gasteiger partial charge in [0.25, 0.3) is 0 Å². The van der Waals surface area contributed by atoms with Crippen molar-refractivity contribution in [3.63, 3.8) is 0 Å². The number of aliphatic hydroxyl groups excluding tert-OH is 1. The number of hydrogen-bond acceptors (Lipinski definition) is 5. The lowest BCUT2D eigenvalue weighted by molar-refractivity contribution is 0.0690. The SMILES string of the molecule is Cl.O=C(O)c1ccc2c(n1)CC(CNCCCO)NC2. The lowest BCUT2D eigenvalue weighted by atomic mass is 10.0. The Morgan fingerprint density at radius 1 is 1.50 bits per heavy atom. The zero-order valence-electron chi connectivity index (χ0n) is 11.1. The maximum Gasteiger partial charge on any atom is 0.354 e. The van der Waals surface area contributed by atoms with Gasteiger partial charge in [-0.3, -0.25) is 0 Å². The number of aliphatic hydroxyl groups is 1. The topological polar surface area (TPSA) is 94.5 Å². The predicted molar refractivity (Wildman–Crippen MR) is 77.3 cm³/mol. The van der Waals surface area contributed by atoms with Crippen LogP contribution in [0.5, 0.6) is 0 Å². The van der Waals surface area contributed by atoms with Crippen LogP contribution in [0.3, 0.4) is 0 Å². The standard InChI is InChI=1S/C13H19N3O3.ClH/c17-5-1-4-14-8-10-6-12-9(7-15-10)2-3-11(16-12)13(18)19;/h2-3,10,14-15,17H,1,4-8H2,(H,18,19);1H. The number of nitrogens with zero attached hydrogens (tertiary/aromatic N) is 1. The summed E-state index contributed by atoms with van der Waals surface area (Å²) in [5, 5.41) is 24.3. The van der Waals surface area contributed by atoms with E-state index in [-0.39, 0.29) is 30.7 Å². The van der Waals surface area contributed by atoms with Gasteiger partial charge in [-0.25, -0.2) is 9.78 Å². The highest BCUT2D eigenvalue weighted by Crippen LogP contribution is 2.15. The average molecular weight is 302 g/mol. The van der Waals surface area contributed by atoms with Crippen LogP contribution in [0.15, 0.2) is 12.1 Å². The first kappa shape index (κ1) is 16.8. The van der Waals surface area contributed by atoms with Crippen LogP contribution < -0.4 is 10.6 Å². The lowest BCUT2D eigenvalue weighted by Gasteiger charge is -2.25. The van der Waals surface area contributed by atoms with Crippen LogP contribution in [-0.4, -0.2) is 46.9 Å². The molecule has 1 unspecified atom stereocenters. The van der Waals surface area contributed by atoms with Crippen LogP contribution in [0.25, 0.3) is 0 Å². The summed E-state index contributed by atoms with van der Waals surface area (Å²) in [7, 11) is 0. The molecule has 1 aliphatic heterocycles. The normalized spacial score (nSPS) is 17.1. The first-order valence-corrected chi connectivity index (χ1v) is 6.47. The fourth-order valence-electron chi connectivity index (χ4n) is 2.17. The second kappa shape index (κ2) is 8.16. The second-order valence-electron chi connectivity index (χ2n) is 4.67. The smallest absolute Gasteiger partial charge is 0.354 e. The van der Waals surface area contributed by atoms with E-state index in [1.165, 1.54) is 0 Å². The molecule has 1 aromatic heterocycles. The molecule has 20 heavy (non-hydrogen) atoms. The van der Waals surface area contributed by atoms with Gasteiger partial charge in [-0.2, -0.15) is 0 Å². The molecule has 1 atom stereocenters. The van der Waals surface area contributed by atoms with E-state index in [2.05, 4.69) is 15.6 Å². The van der Waals surface area contributed by atoms with Gasteiger partial charge in [0.15, 0.2) is 0 Å². The number of carboxylic acid groups (broad SMARTS) is 1. The van der Waals surface area contributed by atoms with Gasteiger partial charge >= 0.3 is 5.97 Å². The van der Waals surface area contributed by atoms with E-state index in [9.17, 15) is 4.79 Å². The minimum Gasteiger partial charge on any atom is -0.477 e.